The number of hydrogen-bond donors (Lipinski definition) is 2. The number of benzene rings is 1. The van der Waals surface area contributed by atoms with Crippen molar-refractivity contribution >= 4 is 17.5 Å². The lowest BCUT2D eigenvalue weighted by Crippen LogP contribution is -2.35. The molecule has 1 amide bonds. The number of hydrogen-bond acceptors (Lipinski definition) is 3. The molecule has 1 aromatic carbocycles. The van der Waals surface area contributed by atoms with Gasteiger partial charge in [0.05, 0.1) is 18.3 Å². The van der Waals surface area contributed by atoms with Crippen molar-refractivity contribution in [1.82, 2.24) is 5.32 Å². The molecule has 1 aromatic rings. The smallest absolute Gasteiger partial charge is 0.254 e. The topological polar surface area (TPSA) is 58.6 Å². The first kappa shape index (κ1) is 16.9. The van der Waals surface area contributed by atoms with Crippen LogP contribution in [0.2, 0.25) is 5.02 Å². The average molecular weight is 304 g/mol. The SMILES string of the molecule is CC(C)COCC(O)CNC(=O)c1ccc(Cl)cc1F. The molecule has 0 heterocycles. The Morgan fingerprint density at radius 3 is 2.75 bits per heavy atom. The van der Waals surface area contributed by atoms with E-state index in [0.29, 0.717) is 12.5 Å². The summed E-state index contributed by atoms with van der Waals surface area (Å²) in [5.41, 5.74) is -0.107. The molecule has 1 rings (SSSR count). The summed E-state index contributed by atoms with van der Waals surface area (Å²) in [4.78, 5) is 11.7. The van der Waals surface area contributed by atoms with Crippen molar-refractivity contribution in [3.8, 4) is 0 Å². The van der Waals surface area contributed by atoms with Crippen molar-refractivity contribution in [3.63, 3.8) is 0 Å². The van der Waals surface area contributed by atoms with Crippen LogP contribution in [-0.2, 0) is 4.74 Å². The Labute approximate surface area is 122 Å². The van der Waals surface area contributed by atoms with Crippen molar-refractivity contribution in [2.24, 2.45) is 5.92 Å². The van der Waals surface area contributed by atoms with Crippen LogP contribution < -0.4 is 5.32 Å². The summed E-state index contributed by atoms with van der Waals surface area (Å²) in [6, 6.07) is 3.80. The zero-order chi connectivity index (χ0) is 15.1. The molecule has 0 saturated carbocycles. The van der Waals surface area contributed by atoms with Gasteiger partial charge in [-0.3, -0.25) is 4.79 Å². The Balaban J connectivity index is 2.39. The molecule has 0 spiro atoms. The molecule has 1 unspecified atom stereocenters. The molecule has 2 N–H and O–H groups in total. The van der Waals surface area contributed by atoms with E-state index in [0.717, 1.165) is 6.07 Å². The van der Waals surface area contributed by atoms with Crippen LogP contribution in [0.25, 0.3) is 0 Å². The van der Waals surface area contributed by atoms with Gasteiger partial charge in [0.25, 0.3) is 5.91 Å². The quantitative estimate of drug-likeness (QED) is 0.812. The Kier molecular flexibility index (Phi) is 6.91. The second-order valence-electron chi connectivity index (χ2n) is 4.92. The molecule has 1 atom stereocenters. The molecule has 0 aliphatic rings. The average Bonchev–Trinajstić information content (AvgIpc) is 2.35. The van der Waals surface area contributed by atoms with E-state index in [9.17, 15) is 14.3 Å². The summed E-state index contributed by atoms with van der Waals surface area (Å²) in [7, 11) is 0. The zero-order valence-electron chi connectivity index (χ0n) is 11.5. The summed E-state index contributed by atoms with van der Waals surface area (Å²) in [5, 5.41) is 12.3. The summed E-state index contributed by atoms with van der Waals surface area (Å²) < 4.78 is 18.7. The first-order valence-corrected chi connectivity index (χ1v) is 6.77. The fourth-order valence-electron chi connectivity index (χ4n) is 1.48. The van der Waals surface area contributed by atoms with Crippen LogP contribution in [-0.4, -0.2) is 36.9 Å². The van der Waals surface area contributed by atoms with Crippen LogP contribution in [0.1, 0.15) is 24.2 Å². The Hall–Kier alpha value is -1.17. The molecule has 0 aromatic heterocycles. The monoisotopic (exact) mass is 303 g/mol. The van der Waals surface area contributed by atoms with Gasteiger partial charge in [-0.25, -0.2) is 4.39 Å². The molecule has 6 heteroatoms. The molecular weight excluding hydrogens is 285 g/mol. The summed E-state index contributed by atoms with van der Waals surface area (Å²) in [6.45, 7) is 4.66. The van der Waals surface area contributed by atoms with Crippen molar-refractivity contribution < 1.29 is 19.0 Å². The molecule has 0 saturated heterocycles. The minimum atomic E-state index is -0.826. The van der Waals surface area contributed by atoms with Gasteiger partial charge in [-0.15, -0.1) is 0 Å². The highest BCUT2D eigenvalue weighted by Crippen LogP contribution is 2.14. The highest BCUT2D eigenvalue weighted by molar-refractivity contribution is 6.30. The van der Waals surface area contributed by atoms with Gasteiger partial charge < -0.3 is 15.2 Å². The number of aliphatic hydroxyl groups excluding tert-OH is 1. The predicted octanol–water partition coefficient (Wildman–Crippen LogP) is 2.24. The maximum Gasteiger partial charge on any atom is 0.254 e. The lowest BCUT2D eigenvalue weighted by molar-refractivity contribution is 0.0259. The summed E-state index contributed by atoms with van der Waals surface area (Å²) >= 11 is 5.60. The molecular formula is C14H19ClFNO3. The summed E-state index contributed by atoms with van der Waals surface area (Å²) in [5.74, 6) is -0.914. The third-order valence-corrected chi connectivity index (χ3v) is 2.67. The van der Waals surface area contributed by atoms with Crippen LogP contribution in [0, 0.1) is 11.7 Å². The van der Waals surface area contributed by atoms with Crippen molar-refractivity contribution in [3.05, 3.63) is 34.6 Å². The molecule has 0 aliphatic carbocycles. The van der Waals surface area contributed by atoms with Crippen molar-refractivity contribution in [2.45, 2.75) is 20.0 Å². The first-order valence-electron chi connectivity index (χ1n) is 6.39. The van der Waals surface area contributed by atoms with Crippen LogP contribution in [0.4, 0.5) is 4.39 Å². The van der Waals surface area contributed by atoms with E-state index < -0.39 is 17.8 Å². The lowest BCUT2D eigenvalue weighted by Gasteiger charge is -2.13. The third-order valence-electron chi connectivity index (χ3n) is 2.44. The maximum absolute atomic E-state index is 13.5. The number of halogens is 2. The van der Waals surface area contributed by atoms with Gasteiger partial charge in [0.15, 0.2) is 0 Å². The number of aliphatic hydroxyl groups is 1. The lowest BCUT2D eigenvalue weighted by atomic mass is 10.2. The predicted molar refractivity (Wildman–Crippen MR) is 75.4 cm³/mol. The second-order valence-corrected chi connectivity index (χ2v) is 5.36. The zero-order valence-corrected chi connectivity index (χ0v) is 12.3. The highest BCUT2D eigenvalue weighted by atomic mass is 35.5. The number of carbonyl (C=O) groups excluding carboxylic acids is 1. The molecule has 112 valence electrons. The van der Waals surface area contributed by atoms with E-state index >= 15 is 0 Å². The highest BCUT2D eigenvalue weighted by Gasteiger charge is 2.13. The molecule has 0 aliphatic heterocycles. The van der Waals surface area contributed by atoms with Gasteiger partial charge in [-0.2, -0.15) is 0 Å². The normalized spacial score (nSPS) is 12.5. The second kappa shape index (κ2) is 8.19. The van der Waals surface area contributed by atoms with Gasteiger partial charge in [-0.05, 0) is 24.1 Å². The number of nitrogens with one attached hydrogen (secondary N) is 1. The number of carbonyl (C=O) groups is 1. The molecule has 0 radical (unpaired) electrons. The fraction of sp³-hybridized carbons (Fsp3) is 0.500. The molecule has 0 fully saturated rings. The number of amides is 1. The molecule has 4 nitrogen and oxygen atoms in total. The van der Waals surface area contributed by atoms with Gasteiger partial charge in [0, 0.05) is 18.2 Å². The Morgan fingerprint density at radius 2 is 2.15 bits per heavy atom. The van der Waals surface area contributed by atoms with E-state index in [4.69, 9.17) is 16.3 Å². The summed E-state index contributed by atoms with van der Waals surface area (Å²) in [6.07, 6.45) is -0.826. The van der Waals surface area contributed by atoms with Crippen molar-refractivity contribution in [1.29, 1.82) is 0 Å². The van der Waals surface area contributed by atoms with Crippen LogP contribution in [0.15, 0.2) is 18.2 Å². The minimum absolute atomic E-state index is 0.000997. The standard InChI is InChI=1S/C14H19ClFNO3/c1-9(2)7-20-8-11(18)6-17-14(19)12-4-3-10(15)5-13(12)16/h3-5,9,11,18H,6-8H2,1-2H3,(H,17,19). The van der Waals surface area contributed by atoms with Crippen LogP contribution in [0.3, 0.4) is 0 Å². The van der Waals surface area contributed by atoms with Gasteiger partial charge in [-0.1, -0.05) is 25.4 Å². The number of rotatable bonds is 7. The first-order chi connectivity index (χ1) is 9.40. The Bertz CT molecular complexity index is 454. The van der Waals surface area contributed by atoms with Gasteiger partial charge in [0.1, 0.15) is 5.82 Å². The molecule has 0 bridgehead atoms. The van der Waals surface area contributed by atoms with E-state index in [2.05, 4.69) is 5.32 Å². The molecule has 20 heavy (non-hydrogen) atoms. The van der Waals surface area contributed by atoms with E-state index in [-0.39, 0.29) is 23.7 Å². The van der Waals surface area contributed by atoms with E-state index in [1.807, 2.05) is 13.8 Å². The Morgan fingerprint density at radius 1 is 1.45 bits per heavy atom. The van der Waals surface area contributed by atoms with Gasteiger partial charge >= 0.3 is 0 Å². The number of ether oxygens (including phenoxy) is 1. The van der Waals surface area contributed by atoms with Gasteiger partial charge in [0.2, 0.25) is 0 Å². The van der Waals surface area contributed by atoms with Crippen molar-refractivity contribution in [2.75, 3.05) is 19.8 Å². The maximum atomic E-state index is 13.5. The van der Waals surface area contributed by atoms with E-state index in [1.54, 1.807) is 0 Å². The third kappa shape index (κ3) is 5.86. The van der Waals surface area contributed by atoms with Crippen LogP contribution in [0.5, 0.6) is 0 Å². The largest absolute Gasteiger partial charge is 0.389 e. The fourth-order valence-corrected chi connectivity index (χ4v) is 1.64. The van der Waals surface area contributed by atoms with Crippen LogP contribution >= 0.6 is 11.6 Å². The minimum Gasteiger partial charge on any atom is -0.389 e. The van der Waals surface area contributed by atoms with E-state index in [1.165, 1.54) is 12.1 Å².